The molecule has 2 aliphatic rings. The quantitative estimate of drug-likeness (QED) is 0.615. The molecular formula is C13H20N4OS. The third kappa shape index (κ3) is 3.05. The average Bonchev–Trinajstić information content (AvgIpc) is 3.07. The van der Waals surface area contributed by atoms with E-state index in [1.165, 1.54) is 25.7 Å². The van der Waals surface area contributed by atoms with Crippen LogP contribution < -0.4 is 10.6 Å². The van der Waals surface area contributed by atoms with E-state index in [0.29, 0.717) is 17.3 Å². The summed E-state index contributed by atoms with van der Waals surface area (Å²) in [5.41, 5.74) is 0. The molecule has 0 aromatic carbocycles. The van der Waals surface area contributed by atoms with E-state index in [4.69, 9.17) is 0 Å². The van der Waals surface area contributed by atoms with Gasteiger partial charge < -0.3 is 15.2 Å². The summed E-state index contributed by atoms with van der Waals surface area (Å²) in [5.74, 6) is 1.06. The van der Waals surface area contributed by atoms with Crippen molar-refractivity contribution in [1.29, 1.82) is 0 Å². The van der Waals surface area contributed by atoms with Crippen LogP contribution in [0, 0.1) is 0 Å². The summed E-state index contributed by atoms with van der Waals surface area (Å²) < 4.78 is 2.13. The summed E-state index contributed by atoms with van der Waals surface area (Å²) in [4.78, 5) is 15.3. The van der Waals surface area contributed by atoms with Crippen LogP contribution in [-0.4, -0.2) is 38.7 Å². The second-order valence-corrected chi connectivity index (χ2v) is 6.54. The van der Waals surface area contributed by atoms with Crippen LogP contribution in [0.1, 0.15) is 25.7 Å². The van der Waals surface area contributed by atoms with E-state index in [9.17, 15) is 4.79 Å². The number of amides is 2. The van der Waals surface area contributed by atoms with Gasteiger partial charge in [0.1, 0.15) is 0 Å². The van der Waals surface area contributed by atoms with Crippen molar-refractivity contribution < 1.29 is 4.79 Å². The molecule has 19 heavy (non-hydrogen) atoms. The Morgan fingerprint density at radius 2 is 2.32 bits per heavy atom. The molecule has 5 nitrogen and oxygen atoms in total. The number of aromatic nitrogens is 2. The normalized spacial score (nSPS) is 29.1. The molecule has 0 spiro atoms. The molecule has 0 aliphatic carbocycles. The van der Waals surface area contributed by atoms with Crippen molar-refractivity contribution in [3.8, 4) is 0 Å². The monoisotopic (exact) mass is 280 g/mol. The van der Waals surface area contributed by atoms with Gasteiger partial charge in [0, 0.05) is 29.9 Å². The zero-order valence-corrected chi connectivity index (χ0v) is 11.7. The molecule has 104 valence electrons. The first-order valence-corrected chi connectivity index (χ1v) is 8.02. The van der Waals surface area contributed by atoms with Crippen LogP contribution in [-0.2, 0) is 6.54 Å². The van der Waals surface area contributed by atoms with Gasteiger partial charge >= 0.3 is 6.03 Å². The van der Waals surface area contributed by atoms with Gasteiger partial charge in [-0.3, -0.25) is 0 Å². The van der Waals surface area contributed by atoms with Gasteiger partial charge in [-0.1, -0.05) is 12.8 Å². The van der Waals surface area contributed by atoms with Crippen LogP contribution in [0.25, 0.3) is 0 Å². The van der Waals surface area contributed by atoms with Gasteiger partial charge in [0.05, 0.1) is 18.4 Å². The zero-order chi connectivity index (χ0) is 13.1. The van der Waals surface area contributed by atoms with Crippen LogP contribution in [0.3, 0.4) is 0 Å². The summed E-state index contributed by atoms with van der Waals surface area (Å²) in [6.45, 7) is 1.06. The predicted molar refractivity (Wildman–Crippen MR) is 76.2 cm³/mol. The topological polar surface area (TPSA) is 59.0 Å². The first-order chi connectivity index (χ1) is 9.33. The third-order valence-corrected chi connectivity index (χ3v) is 5.41. The molecule has 2 aliphatic heterocycles. The van der Waals surface area contributed by atoms with Crippen LogP contribution in [0.15, 0.2) is 18.7 Å². The van der Waals surface area contributed by atoms with E-state index in [1.807, 2.05) is 30.5 Å². The minimum absolute atomic E-state index is 0.0143. The number of unbranched alkanes of at least 4 members (excludes halogenated alkanes) is 2. The Morgan fingerprint density at radius 3 is 3.16 bits per heavy atom. The predicted octanol–water partition coefficient (Wildman–Crippen LogP) is 1.61. The smallest absolute Gasteiger partial charge is 0.315 e. The molecule has 0 saturated carbocycles. The number of thioether (sulfide) groups is 1. The number of hydrogen-bond donors (Lipinski definition) is 2. The highest BCUT2D eigenvalue weighted by Gasteiger charge is 2.42. The zero-order valence-electron chi connectivity index (χ0n) is 10.9. The Bertz CT molecular complexity index is 422. The molecule has 3 heterocycles. The van der Waals surface area contributed by atoms with Crippen molar-refractivity contribution in [2.45, 2.75) is 49.6 Å². The molecule has 3 atom stereocenters. The third-order valence-electron chi connectivity index (χ3n) is 3.90. The highest BCUT2D eigenvalue weighted by Crippen LogP contribution is 2.33. The fourth-order valence-corrected chi connectivity index (χ4v) is 4.42. The highest BCUT2D eigenvalue weighted by atomic mass is 32.2. The summed E-state index contributed by atoms with van der Waals surface area (Å²) in [6, 6.07) is 0.722. The summed E-state index contributed by atoms with van der Waals surface area (Å²) in [6.07, 6.45) is 10.6. The molecule has 0 radical (unpaired) electrons. The van der Waals surface area contributed by atoms with E-state index in [-0.39, 0.29) is 6.03 Å². The second-order valence-electron chi connectivity index (χ2n) is 5.27. The maximum Gasteiger partial charge on any atom is 0.315 e. The van der Waals surface area contributed by atoms with Gasteiger partial charge in [-0.05, 0) is 12.8 Å². The molecule has 1 aromatic heterocycles. The number of fused-ring (bicyclic) bond motifs is 1. The molecule has 6 heteroatoms. The van der Waals surface area contributed by atoms with Crippen LogP contribution >= 0.6 is 11.8 Å². The van der Waals surface area contributed by atoms with Crippen LogP contribution in [0.4, 0.5) is 4.79 Å². The number of urea groups is 1. The van der Waals surface area contributed by atoms with Crippen molar-refractivity contribution in [2.24, 2.45) is 0 Å². The van der Waals surface area contributed by atoms with Crippen molar-refractivity contribution in [3.05, 3.63) is 18.7 Å². The molecule has 2 saturated heterocycles. The van der Waals surface area contributed by atoms with Gasteiger partial charge in [0.15, 0.2) is 0 Å². The number of carbonyl (C=O) groups is 1. The summed E-state index contributed by atoms with van der Waals surface area (Å²) in [5, 5.41) is 6.63. The fraction of sp³-hybridized carbons (Fsp3) is 0.692. The Labute approximate surface area is 117 Å². The lowest BCUT2D eigenvalue weighted by Crippen LogP contribution is -2.36. The SMILES string of the molecule is O=C1N[C@H]2[C@H](CS[C@H]2CCCCCn2ccnc2)N1. The van der Waals surface area contributed by atoms with Crippen molar-refractivity contribution in [1.82, 2.24) is 20.2 Å². The standard InChI is InChI=1S/C13H20N4OS/c18-13-15-10-8-19-11(12(10)16-13)4-2-1-3-6-17-7-5-14-9-17/h5,7,9-12H,1-4,6,8H2,(H2,15,16,18)/t10-,11-,12-/m0/s1. The Kier molecular flexibility index (Phi) is 3.96. The number of imidazole rings is 1. The van der Waals surface area contributed by atoms with Crippen LogP contribution in [0.2, 0.25) is 0 Å². The lowest BCUT2D eigenvalue weighted by atomic mass is 10.0. The number of aryl methyl sites for hydroxylation is 1. The maximum absolute atomic E-state index is 11.3. The number of nitrogens with one attached hydrogen (secondary N) is 2. The van der Waals surface area contributed by atoms with E-state index < -0.39 is 0 Å². The Hall–Kier alpha value is -1.17. The van der Waals surface area contributed by atoms with Gasteiger partial charge in [-0.15, -0.1) is 0 Å². The molecule has 0 bridgehead atoms. The van der Waals surface area contributed by atoms with Gasteiger partial charge in [-0.2, -0.15) is 11.8 Å². The second kappa shape index (κ2) is 5.86. The maximum atomic E-state index is 11.3. The number of hydrogen-bond acceptors (Lipinski definition) is 3. The van der Waals surface area contributed by atoms with Crippen LogP contribution in [0.5, 0.6) is 0 Å². The van der Waals surface area contributed by atoms with E-state index in [2.05, 4.69) is 20.2 Å². The van der Waals surface area contributed by atoms with Gasteiger partial charge in [-0.25, -0.2) is 9.78 Å². The highest BCUT2D eigenvalue weighted by molar-refractivity contribution is 8.00. The molecular weight excluding hydrogens is 260 g/mol. The molecule has 2 amide bonds. The van der Waals surface area contributed by atoms with Gasteiger partial charge in [0.2, 0.25) is 0 Å². The number of carbonyl (C=O) groups excluding carboxylic acids is 1. The fourth-order valence-electron chi connectivity index (χ4n) is 2.88. The summed E-state index contributed by atoms with van der Waals surface area (Å²) in [7, 11) is 0. The van der Waals surface area contributed by atoms with E-state index >= 15 is 0 Å². The first-order valence-electron chi connectivity index (χ1n) is 6.97. The minimum atomic E-state index is 0.0143. The lowest BCUT2D eigenvalue weighted by Gasteiger charge is -2.16. The van der Waals surface area contributed by atoms with Crippen molar-refractivity contribution in [2.75, 3.05) is 5.75 Å². The molecule has 2 fully saturated rings. The number of nitrogens with zero attached hydrogens (tertiary/aromatic N) is 2. The van der Waals surface area contributed by atoms with E-state index in [0.717, 1.165) is 12.3 Å². The molecule has 1 aromatic rings. The van der Waals surface area contributed by atoms with Crippen molar-refractivity contribution in [3.63, 3.8) is 0 Å². The Balaban J connectivity index is 1.33. The van der Waals surface area contributed by atoms with E-state index in [1.54, 1.807) is 0 Å². The van der Waals surface area contributed by atoms with Gasteiger partial charge in [0.25, 0.3) is 0 Å². The molecule has 3 rings (SSSR count). The minimum Gasteiger partial charge on any atom is -0.337 e. The van der Waals surface area contributed by atoms with Crippen molar-refractivity contribution >= 4 is 17.8 Å². The molecule has 0 unspecified atom stereocenters. The molecule has 2 N–H and O–H groups in total. The average molecular weight is 280 g/mol. The summed E-state index contributed by atoms with van der Waals surface area (Å²) >= 11 is 2.00. The largest absolute Gasteiger partial charge is 0.337 e. The first kappa shape index (κ1) is 12.8. The lowest BCUT2D eigenvalue weighted by molar-refractivity contribution is 0.247. The number of rotatable bonds is 6. The Morgan fingerprint density at radius 1 is 1.37 bits per heavy atom.